The van der Waals surface area contributed by atoms with Crippen LogP contribution >= 0.6 is 0 Å². The number of nitrogens with zero attached hydrogens (tertiary/aromatic N) is 3. The van der Waals surface area contributed by atoms with Gasteiger partial charge in [0.1, 0.15) is 0 Å². The molecule has 2 aromatic heterocycles. The molecule has 0 unspecified atom stereocenters. The predicted molar refractivity (Wildman–Crippen MR) is 80.3 cm³/mol. The van der Waals surface area contributed by atoms with E-state index in [9.17, 15) is 0 Å². The molecule has 0 spiro atoms. The highest BCUT2D eigenvalue weighted by atomic mass is 16.5. The van der Waals surface area contributed by atoms with Crippen LogP contribution in [0.1, 0.15) is 36.7 Å². The summed E-state index contributed by atoms with van der Waals surface area (Å²) in [5.41, 5.74) is 2.99. The number of aromatic nitrogens is 3. The van der Waals surface area contributed by atoms with Gasteiger partial charge in [-0.3, -0.25) is 4.98 Å². The quantitative estimate of drug-likeness (QED) is 0.884. The predicted octanol–water partition coefficient (Wildman–Crippen LogP) is 2.79. The van der Waals surface area contributed by atoms with Crippen molar-refractivity contribution < 1.29 is 4.74 Å². The van der Waals surface area contributed by atoms with Gasteiger partial charge in [0.25, 0.3) is 0 Å². The third-order valence-electron chi connectivity index (χ3n) is 3.46. The van der Waals surface area contributed by atoms with Crippen LogP contribution < -0.4 is 10.1 Å². The van der Waals surface area contributed by atoms with E-state index in [1.165, 1.54) is 12.8 Å². The van der Waals surface area contributed by atoms with Crippen LogP contribution in [0.4, 0.5) is 0 Å². The van der Waals surface area contributed by atoms with E-state index in [1.807, 2.05) is 31.5 Å². The molecule has 2 heterocycles. The molecule has 0 amide bonds. The van der Waals surface area contributed by atoms with E-state index in [2.05, 4.69) is 27.2 Å². The Hall–Kier alpha value is -2.01. The highest BCUT2D eigenvalue weighted by molar-refractivity contribution is 5.31. The van der Waals surface area contributed by atoms with Crippen molar-refractivity contribution in [3.63, 3.8) is 0 Å². The van der Waals surface area contributed by atoms with Crippen molar-refractivity contribution in [2.45, 2.75) is 45.7 Å². The zero-order valence-electron chi connectivity index (χ0n) is 12.5. The molecule has 1 saturated carbocycles. The largest absolute Gasteiger partial charge is 0.422 e. The molecule has 1 aliphatic rings. The van der Waals surface area contributed by atoms with E-state index in [4.69, 9.17) is 4.74 Å². The fraction of sp³-hybridized carbons (Fsp3) is 0.438. The first kappa shape index (κ1) is 13.9. The second-order valence-corrected chi connectivity index (χ2v) is 5.38. The first-order chi connectivity index (χ1) is 10.2. The van der Waals surface area contributed by atoms with Gasteiger partial charge in [0.05, 0.1) is 5.69 Å². The average molecular weight is 284 g/mol. The summed E-state index contributed by atoms with van der Waals surface area (Å²) in [6, 6.07) is 4.91. The molecule has 1 fully saturated rings. The minimum Gasteiger partial charge on any atom is -0.422 e. The second-order valence-electron chi connectivity index (χ2n) is 5.38. The first-order valence-corrected chi connectivity index (χ1v) is 7.43. The van der Waals surface area contributed by atoms with E-state index in [1.54, 1.807) is 0 Å². The summed E-state index contributed by atoms with van der Waals surface area (Å²) < 4.78 is 5.74. The molecule has 0 saturated heterocycles. The van der Waals surface area contributed by atoms with Crippen molar-refractivity contribution in [3.05, 3.63) is 41.5 Å². The zero-order valence-corrected chi connectivity index (χ0v) is 12.5. The number of rotatable bonds is 6. The third-order valence-corrected chi connectivity index (χ3v) is 3.46. The van der Waals surface area contributed by atoms with Crippen LogP contribution in [-0.2, 0) is 13.0 Å². The van der Waals surface area contributed by atoms with Gasteiger partial charge in [-0.05, 0) is 38.3 Å². The molecule has 0 aromatic carbocycles. The number of hydrogen-bond donors (Lipinski definition) is 1. The molecule has 0 atom stereocenters. The van der Waals surface area contributed by atoms with Gasteiger partial charge in [-0.1, -0.05) is 6.92 Å². The Labute approximate surface area is 124 Å². The minimum atomic E-state index is 0.366. The SMILES string of the molecule is CCc1nc(C)ccc1Oc1ncc(CNC2CC2)cn1. The maximum atomic E-state index is 5.74. The standard InChI is InChI=1S/C16H20N4O/c1-3-14-15(7-4-11(2)20-14)21-16-18-9-12(10-19-16)8-17-13-5-6-13/h4,7,9-10,13,17H,3,5-6,8H2,1-2H3. The lowest BCUT2D eigenvalue weighted by Gasteiger charge is -2.09. The molecule has 1 aliphatic carbocycles. The minimum absolute atomic E-state index is 0.366. The van der Waals surface area contributed by atoms with Gasteiger partial charge < -0.3 is 10.1 Å². The Morgan fingerprint density at radius 1 is 1.24 bits per heavy atom. The summed E-state index contributed by atoms with van der Waals surface area (Å²) in [6.45, 7) is 4.85. The van der Waals surface area contributed by atoms with Crippen LogP contribution in [0.3, 0.4) is 0 Å². The molecule has 0 radical (unpaired) electrons. The van der Waals surface area contributed by atoms with Crippen LogP contribution in [0.15, 0.2) is 24.5 Å². The van der Waals surface area contributed by atoms with Crippen LogP contribution in [0.2, 0.25) is 0 Å². The molecular formula is C16H20N4O. The molecule has 5 heteroatoms. The summed E-state index contributed by atoms with van der Waals surface area (Å²) in [6.07, 6.45) is 7.00. The van der Waals surface area contributed by atoms with Crippen LogP contribution in [0.25, 0.3) is 0 Å². The number of ether oxygens (including phenoxy) is 1. The van der Waals surface area contributed by atoms with E-state index in [0.29, 0.717) is 12.1 Å². The number of nitrogens with one attached hydrogen (secondary N) is 1. The average Bonchev–Trinajstić information content (AvgIpc) is 3.32. The van der Waals surface area contributed by atoms with E-state index in [-0.39, 0.29) is 0 Å². The highest BCUT2D eigenvalue weighted by Crippen LogP contribution is 2.22. The van der Waals surface area contributed by atoms with Gasteiger partial charge in [0, 0.05) is 36.2 Å². The van der Waals surface area contributed by atoms with E-state index >= 15 is 0 Å². The Bertz CT molecular complexity index is 608. The van der Waals surface area contributed by atoms with Crippen molar-refractivity contribution in [1.82, 2.24) is 20.3 Å². The summed E-state index contributed by atoms with van der Waals surface area (Å²) >= 11 is 0. The summed E-state index contributed by atoms with van der Waals surface area (Å²) in [7, 11) is 0. The van der Waals surface area contributed by atoms with Crippen molar-refractivity contribution in [2.75, 3.05) is 0 Å². The highest BCUT2D eigenvalue weighted by Gasteiger charge is 2.20. The van der Waals surface area contributed by atoms with Gasteiger partial charge in [-0.2, -0.15) is 0 Å². The molecule has 5 nitrogen and oxygen atoms in total. The fourth-order valence-corrected chi connectivity index (χ4v) is 2.08. The van der Waals surface area contributed by atoms with Gasteiger partial charge in [-0.15, -0.1) is 0 Å². The second kappa shape index (κ2) is 6.18. The Morgan fingerprint density at radius 3 is 2.67 bits per heavy atom. The first-order valence-electron chi connectivity index (χ1n) is 7.43. The number of pyridine rings is 1. The molecular weight excluding hydrogens is 264 g/mol. The number of hydrogen-bond acceptors (Lipinski definition) is 5. The van der Waals surface area contributed by atoms with Crippen molar-refractivity contribution in [3.8, 4) is 11.8 Å². The van der Waals surface area contributed by atoms with Crippen LogP contribution in [0.5, 0.6) is 11.8 Å². The molecule has 3 rings (SSSR count). The maximum absolute atomic E-state index is 5.74. The summed E-state index contributed by atoms with van der Waals surface area (Å²) in [5, 5.41) is 3.44. The monoisotopic (exact) mass is 284 g/mol. The Balaban J connectivity index is 1.66. The molecule has 0 aliphatic heterocycles. The normalized spacial score (nSPS) is 14.2. The van der Waals surface area contributed by atoms with E-state index < -0.39 is 0 Å². The lowest BCUT2D eigenvalue weighted by atomic mass is 10.2. The number of aryl methyl sites for hydroxylation is 2. The Kier molecular flexibility index (Phi) is 4.10. The van der Waals surface area contributed by atoms with Gasteiger partial charge in [0.2, 0.25) is 0 Å². The van der Waals surface area contributed by atoms with Gasteiger partial charge in [0.15, 0.2) is 5.75 Å². The third kappa shape index (κ3) is 3.76. The van der Waals surface area contributed by atoms with Gasteiger partial charge >= 0.3 is 6.01 Å². The molecule has 0 bridgehead atoms. The molecule has 21 heavy (non-hydrogen) atoms. The van der Waals surface area contributed by atoms with Crippen molar-refractivity contribution in [1.29, 1.82) is 0 Å². The summed E-state index contributed by atoms with van der Waals surface area (Å²) in [5.74, 6) is 0.729. The maximum Gasteiger partial charge on any atom is 0.321 e. The van der Waals surface area contributed by atoms with Crippen molar-refractivity contribution in [2.24, 2.45) is 0 Å². The van der Waals surface area contributed by atoms with Crippen LogP contribution in [0, 0.1) is 6.92 Å². The Morgan fingerprint density at radius 2 is 2.00 bits per heavy atom. The van der Waals surface area contributed by atoms with E-state index in [0.717, 1.165) is 35.7 Å². The topological polar surface area (TPSA) is 59.9 Å². The molecule has 1 N–H and O–H groups in total. The lowest BCUT2D eigenvalue weighted by Crippen LogP contribution is -2.15. The smallest absolute Gasteiger partial charge is 0.321 e. The van der Waals surface area contributed by atoms with Crippen molar-refractivity contribution >= 4 is 0 Å². The lowest BCUT2D eigenvalue weighted by molar-refractivity contribution is 0.432. The zero-order chi connectivity index (χ0) is 14.7. The fourth-order valence-electron chi connectivity index (χ4n) is 2.08. The molecule has 110 valence electrons. The summed E-state index contributed by atoms with van der Waals surface area (Å²) in [4.78, 5) is 13.0. The van der Waals surface area contributed by atoms with Crippen LogP contribution in [-0.4, -0.2) is 21.0 Å². The molecule has 2 aromatic rings. The van der Waals surface area contributed by atoms with Gasteiger partial charge in [-0.25, -0.2) is 9.97 Å².